The van der Waals surface area contributed by atoms with E-state index in [1.807, 2.05) is 0 Å². The maximum Gasteiger partial charge on any atom is 0.220 e. The van der Waals surface area contributed by atoms with Gasteiger partial charge in [0.05, 0.1) is 0 Å². The van der Waals surface area contributed by atoms with Gasteiger partial charge in [-0.25, -0.2) is 0 Å². The molecule has 1 aromatic rings. The van der Waals surface area contributed by atoms with Crippen molar-refractivity contribution in [3.8, 4) is 0 Å². The van der Waals surface area contributed by atoms with Crippen LogP contribution in [0.3, 0.4) is 0 Å². The number of benzene rings is 1. The van der Waals surface area contributed by atoms with Crippen LogP contribution < -0.4 is 10.2 Å². The molecule has 1 aliphatic rings. The molecule has 1 aliphatic heterocycles. The first kappa shape index (κ1) is 12.0. The van der Waals surface area contributed by atoms with Crippen LogP contribution in [-0.2, 0) is 4.79 Å². The first-order valence-electron chi connectivity index (χ1n) is 6.26. The Balaban J connectivity index is 2.12. The van der Waals surface area contributed by atoms with E-state index < -0.39 is 0 Å². The highest BCUT2D eigenvalue weighted by molar-refractivity contribution is 5.76. The smallest absolute Gasteiger partial charge is 0.220 e. The fourth-order valence-corrected chi connectivity index (χ4v) is 2.36. The first-order valence-corrected chi connectivity index (χ1v) is 6.26. The Hall–Kier alpha value is -1.51. The molecule has 0 spiro atoms. The zero-order valence-corrected chi connectivity index (χ0v) is 10.6. The van der Waals surface area contributed by atoms with E-state index in [1.165, 1.54) is 16.8 Å². The monoisotopic (exact) mass is 232 g/mol. The average Bonchev–Trinajstić information content (AvgIpc) is 2.24. The van der Waals surface area contributed by atoms with Gasteiger partial charge in [-0.15, -0.1) is 0 Å². The average molecular weight is 232 g/mol. The molecule has 0 aliphatic carbocycles. The van der Waals surface area contributed by atoms with E-state index >= 15 is 0 Å². The topological polar surface area (TPSA) is 32.3 Å². The van der Waals surface area contributed by atoms with Gasteiger partial charge in [0.2, 0.25) is 5.91 Å². The van der Waals surface area contributed by atoms with Gasteiger partial charge in [-0.3, -0.25) is 4.79 Å². The molecular weight excluding hydrogens is 212 g/mol. The van der Waals surface area contributed by atoms with Gasteiger partial charge >= 0.3 is 0 Å². The highest BCUT2D eigenvalue weighted by Crippen LogP contribution is 2.21. The van der Waals surface area contributed by atoms with E-state index in [9.17, 15) is 4.79 Å². The summed E-state index contributed by atoms with van der Waals surface area (Å²) in [5, 5.41) is 2.93. The molecule has 1 heterocycles. The third kappa shape index (κ3) is 2.99. The van der Waals surface area contributed by atoms with Crippen LogP contribution in [0.4, 0.5) is 5.69 Å². The fourth-order valence-electron chi connectivity index (χ4n) is 2.36. The van der Waals surface area contributed by atoms with Crippen molar-refractivity contribution in [3.63, 3.8) is 0 Å². The van der Waals surface area contributed by atoms with E-state index in [0.717, 1.165) is 26.1 Å². The number of hydrogen-bond acceptors (Lipinski definition) is 2. The van der Waals surface area contributed by atoms with Crippen molar-refractivity contribution in [1.29, 1.82) is 0 Å². The number of aryl methyl sites for hydroxylation is 2. The second kappa shape index (κ2) is 5.21. The SMILES string of the molecule is Cc1ccc(N2CCCC(=O)NCC2)c(C)c1. The van der Waals surface area contributed by atoms with Gasteiger partial charge in [-0.05, 0) is 31.9 Å². The second-order valence-corrected chi connectivity index (χ2v) is 4.73. The number of amides is 1. The Morgan fingerprint density at radius 3 is 2.82 bits per heavy atom. The summed E-state index contributed by atoms with van der Waals surface area (Å²) in [6.45, 7) is 6.88. The van der Waals surface area contributed by atoms with Gasteiger partial charge in [0, 0.05) is 31.7 Å². The van der Waals surface area contributed by atoms with Crippen LogP contribution in [-0.4, -0.2) is 25.5 Å². The summed E-state index contributed by atoms with van der Waals surface area (Å²) in [5.74, 6) is 0.185. The van der Waals surface area contributed by atoms with Crippen molar-refractivity contribution in [3.05, 3.63) is 29.3 Å². The molecule has 0 aromatic heterocycles. The molecule has 17 heavy (non-hydrogen) atoms. The van der Waals surface area contributed by atoms with Crippen LogP contribution in [0.5, 0.6) is 0 Å². The Labute approximate surface area is 103 Å². The van der Waals surface area contributed by atoms with Crippen LogP contribution in [0.1, 0.15) is 24.0 Å². The van der Waals surface area contributed by atoms with Crippen LogP contribution in [0.25, 0.3) is 0 Å². The van der Waals surface area contributed by atoms with E-state index in [1.54, 1.807) is 0 Å². The molecular formula is C14H20N2O. The number of carbonyl (C=O) groups excluding carboxylic acids is 1. The van der Waals surface area contributed by atoms with Crippen molar-refractivity contribution in [2.24, 2.45) is 0 Å². The number of rotatable bonds is 1. The second-order valence-electron chi connectivity index (χ2n) is 4.73. The summed E-state index contributed by atoms with van der Waals surface area (Å²) in [5.41, 5.74) is 3.91. The van der Waals surface area contributed by atoms with Crippen molar-refractivity contribution >= 4 is 11.6 Å². The highest BCUT2D eigenvalue weighted by atomic mass is 16.1. The molecule has 0 bridgehead atoms. The number of hydrogen-bond donors (Lipinski definition) is 1. The summed E-state index contributed by atoms with van der Waals surface area (Å²) < 4.78 is 0. The Kier molecular flexibility index (Phi) is 3.67. The van der Waals surface area contributed by atoms with Crippen LogP contribution >= 0.6 is 0 Å². The Morgan fingerprint density at radius 1 is 1.24 bits per heavy atom. The first-order chi connectivity index (χ1) is 8.16. The van der Waals surface area contributed by atoms with Gasteiger partial charge in [-0.1, -0.05) is 17.7 Å². The molecule has 0 radical (unpaired) electrons. The zero-order chi connectivity index (χ0) is 12.3. The summed E-state index contributed by atoms with van der Waals surface area (Å²) in [6.07, 6.45) is 1.57. The highest BCUT2D eigenvalue weighted by Gasteiger charge is 2.13. The molecule has 0 saturated carbocycles. The number of nitrogens with one attached hydrogen (secondary N) is 1. The fraction of sp³-hybridized carbons (Fsp3) is 0.500. The number of carbonyl (C=O) groups is 1. The predicted molar refractivity (Wildman–Crippen MR) is 70.4 cm³/mol. The van der Waals surface area contributed by atoms with Crippen molar-refractivity contribution in [2.75, 3.05) is 24.5 Å². The maximum absolute atomic E-state index is 11.3. The Bertz CT molecular complexity index is 403. The minimum Gasteiger partial charge on any atom is -0.370 e. The van der Waals surface area contributed by atoms with E-state index in [-0.39, 0.29) is 5.91 Å². The lowest BCUT2D eigenvalue weighted by molar-refractivity contribution is -0.121. The van der Waals surface area contributed by atoms with Gasteiger partial charge < -0.3 is 10.2 Å². The molecule has 2 rings (SSSR count). The molecule has 92 valence electrons. The lowest BCUT2D eigenvalue weighted by Gasteiger charge is -2.28. The molecule has 0 unspecified atom stereocenters. The molecule has 1 aromatic carbocycles. The zero-order valence-electron chi connectivity index (χ0n) is 10.6. The molecule has 1 N–H and O–H groups in total. The van der Waals surface area contributed by atoms with Gasteiger partial charge in [0.15, 0.2) is 0 Å². The third-order valence-corrected chi connectivity index (χ3v) is 3.23. The molecule has 3 nitrogen and oxygen atoms in total. The minimum atomic E-state index is 0.185. The third-order valence-electron chi connectivity index (χ3n) is 3.23. The largest absolute Gasteiger partial charge is 0.370 e. The van der Waals surface area contributed by atoms with Crippen LogP contribution in [0, 0.1) is 13.8 Å². The molecule has 1 saturated heterocycles. The molecule has 1 amide bonds. The summed E-state index contributed by atoms with van der Waals surface area (Å²) in [4.78, 5) is 13.6. The van der Waals surface area contributed by atoms with Crippen molar-refractivity contribution < 1.29 is 4.79 Å². The minimum absolute atomic E-state index is 0.185. The Morgan fingerprint density at radius 2 is 2.06 bits per heavy atom. The predicted octanol–water partition coefficient (Wildman–Crippen LogP) is 2.02. The van der Waals surface area contributed by atoms with E-state index in [2.05, 4.69) is 42.3 Å². The summed E-state index contributed by atoms with van der Waals surface area (Å²) >= 11 is 0. The van der Waals surface area contributed by atoms with Crippen molar-refractivity contribution in [1.82, 2.24) is 5.32 Å². The standard InChI is InChI=1S/C14H20N2O/c1-11-5-6-13(12(2)10-11)16-8-3-4-14(17)15-7-9-16/h5-6,10H,3-4,7-9H2,1-2H3,(H,15,17). The molecule has 0 atom stereocenters. The maximum atomic E-state index is 11.3. The summed E-state index contributed by atoms with van der Waals surface area (Å²) in [6, 6.07) is 6.56. The number of nitrogens with zero attached hydrogens (tertiary/aromatic N) is 1. The normalized spacial score (nSPS) is 17.3. The molecule has 1 fully saturated rings. The van der Waals surface area contributed by atoms with Gasteiger partial charge in [0.1, 0.15) is 0 Å². The summed E-state index contributed by atoms with van der Waals surface area (Å²) in [7, 11) is 0. The lowest BCUT2D eigenvalue weighted by atomic mass is 10.1. The van der Waals surface area contributed by atoms with E-state index in [0.29, 0.717) is 6.42 Å². The van der Waals surface area contributed by atoms with Gasteiger partial charge in [-0.2, -0.15) is 0 Å². The van der Waals surface area contributed by atoms with Gasteiger partial charge in [0.25, 0.3) is 0 Å². The number of anilines is 1. The van der Waals surface area contributed by atoms with Crippen LogP contribution in [0.15, 0.2) is 18.2 Å². The van der Waals surface area contributed by atoms with Crippen LogP contribution in [0.2, 0.25) is 0 Å². The van der Waals surface area contributed by atoms with Crippen molar-refractivity contribution in [2.45, 2.75) is 26.7 Å². The quantitative estimate of drug-likeness (QED) is 0.803. The molecule has 3 heteroatoms. The van der Waals surface area contributed by atoms with E-state index in [4.69, 9.17) is 0 Å². The lowest BCUT2D eigenvalue weighted by Crippen LogP contribution is -2.39.